The Morgan fingerprint density at radius 1 is 1.56 bits per heavy atom. The molecule has 0 aliphatic heterocycles. The first-order chi connectivity index (χ1) is 8.56. The molecule has 0 amide bonds. The molecule has 0 atom stereocenters. The van der Waals surface area contributed by atoms with Gasteiger partial charge in [0.15, 0.2) is 5.65 Å². The summed E-state index contributed by atoms with van der Waals surface area (Å²) in [5.74, 6) is 0.182. The van der Waals surface area contributed by atoms with Crippen LogP contribution in [0.5, 0.6) is 5.75 Å². The Morgan fingerprint density at radius 3 is 2.89 bits per heavy atom. The maximum absolute atomic E-state index is 12.5. The molecule has 2 aromatic rings. The minimum atomic E-state index is -2.62. The van der Waals surface area contributed by atoms with Gasteiger partial charge in [0.05, 0.1) is 11.6 Å². The van der Waals surface area contributed by atoms with E-state index in [1.807, 2.05) is 0 Å². The Balaban J connectivity index is 2.22. The topological polar surface area (TPSA) is 55.1 Å². The van der Waals surface area contributed by atoms with Crippen LogP contribution in [0.25, 0.3) is 10.3 Å². The van der Waals surface area contributed by atoms with Crippen molar-refractivity contribution in [1.29, 1.82) is 0 Å². The van der Waals surface area contributed by atoms with Crippen LogP contribution in [0, 0.1) is 0 Å². The minimum absolute atomic E-state index is 0.173. The van der Waals surface area contributed by atoms with Crippen molar-refractivity contribution in [2.24, 2.45) is 0 Å². The molecule has 0 aromatic carbocycles. The molecule has 0 unspecified atom stereocenters. The van der Waals surface area contributed by atoms with Crippen LogP contribution in [0.15, 0.2) is 10.9 Å². The molecular weight excluding hydrogens is 262 g/mol. The number of thiazole rings is 1. The highest BCUT2D eigenvalue weighted by molar-refractivity contribution is 7.19. The van der Waals surface area contributed by atoms with Crippen molar-refractivity contribution in [3.8, 4) is 5.75 Å². The van der Waals surface area contributed by atoms with Crippen molar-refractivity contribution in [3.05, 3.63) is 21.4 Å². The van der Waals surface area contributed by atoms with Crippen molar-refractivity contribution in [3.63, 3.8) is 0 Å². The van der Waals surface area contributed by atoms with E-state index in [1.165, 1.54) is 11.3 Å². The van der Waals surface area contributed by atoms with Gasteiger partial charge >= 0.3 is 0 Å². The zero-order chi connectivity index (χ0) is 12.9. The van der Waals surface area contributed by atoms with Gasteiger partial charge in [0.1, 0.15) is 10.4 Å². The predicted octanol–water partition coefficient (Wildman–Crippen LogP) is 2.31. The quantitative estimate of drug-likeness (QED) is 0.932. The Morgan fingerprint density at radius 2 is 2.28 bits per heavy atom. The number of hydrogen-bond donors (Lipinski definition) is 1. The van der Waals surface area contributed by atoms with E-state index in [0.29, 0.717) is 10.6 Å². The van der Waals surface area contributed by atoms with Gasteiger partial charge in [-0.15, -0.1) is 11.3 Å². The van der Waals surface area contributed by atoms with E-state index in [1.54, 1.807) is 0 Å². The van der Waals surface area contributed by atoms with Crippen molar-refractivity contribution in [1.82, 2.24) is 9.55 Å². The number of aromatic hydroxyl groups is 1. The van der Waals surface area contributed by atoms with Crippen LogP contribution in [0.3, 0.4) is 0 Å². The monoisotopic (exact) mass is 272 g/mol. The maximum Gasteiger partial charge on any atom is 0.256 e. The Kier molecular flexibility index (Phi) is 2.58. The van der Waals surface area contributed by atoms with Crippen LogP contribution in [-0.4, -0.2) is 21.1 Å². The second kappa shape index (κ2) is 4.01. The van der Waals surface area contributed by atoms with Crippen LogP contribution < -0.4 is 5.56 Å². The number of aromatic nitrogens is 2. The molecule has 1 fully saturated rings. The molecule has 1 aliphatic carbocycles. The first kappa shape index (κ1) is 11.6. The first-order valence-electron chi connectivity index (χ1n) is 5.57. The van der Waals surface area contributed by atoms with Crippen LogP contribution in [0.2, 0.25) is 0 Å². The number of hydrogen-bond acceptors (Lipinski definition) is 4. The summed E-state index contributed by atoms with van der Waals surface area (Å²) in [6.07, 6.45) is -0.569. The van der Waals surface area contributed by atoms with Gasteiger partial charge < -0.3 is 5.11 Å². The molecular formula is C11H10F2N2O2S. The average molecular weight is 272 g/mol. The number of alkyl halides is 2. The minimum Gasteiger partial charge on any atom is -0.506 e. The van der Waals surface area contributed by atoms with Gasteiger partial charge in [-0.3, -0.25) is 9.36 Å². The molecule has 0 saturated heterocycles. The van der Waals surface area contributed by atoms with Gasteiger partial charge in [-0.2, -0.15) is 0 Å². The van der Waals surface area contributed by atoms with Gasteiger partial charge in [0, 0.05) is 12.0 Å². The summed E-state index contributed by atoms with van der Waals surface area (Å²) in [5.41, 5.74) is -0.472. The van der Waals surface area contributed by atoms with Gasteiger partial charge in [-0.1, -0.05) is 0 Å². The van der Waals surface area contributed by atoms with Gasteiger partial charge in [0.25, 0.3) is 12.0 Å². The summed E-state index contributed by atoms with van der Waals surface area (Å²) in [6.45, 7) is -0.691. The smallest absolute Gasteiger partial charge is 0.256 e. The van der Waals surface area contributed by atoms with Crippen molar-refractivity contribution in [2.45, 2.75) is 31.7 Å². The number of nitrogens with zero attached hydrogens (tertiary/aromatic N) is 2. The molecule has 18 heavy (non-hydrogen) atoms. The molecule has 1 saturated carbocycles. The Labute approximate surface area is 105 Å². The Bertz CT molecular complexity index is 661. The third-order valence-electron chi connectivity index (χ3n) is 2.89. The van der Waals surface area contributed by atoms with Gasteiger partial charge in [-0.25, -0.2) is 13.8 Å². The third kappa shape index (κ3) is 1.88. The predicted molar refractivity (Wildman–Crippen MR) is 63.5 cm³/mol. The molecule has 3 rings (SSSR count). The molecule has 0 spiro atoms. The summed E-state index contributed by atoms with van der Waals surface area (Å²) in [7, 11) is 0. The van der Waals surface area contributed by atoms with Gasteiger partial charge in [0.2, 0.25) is 0 Å². The molecule has 1 N–H and O–H groups in total. The number of fused-ring (bicyclic) bond motifs is 1. The van der Waals surface area contributed by atoms with E-state index < -0.39 is 18.5 Å². The second-order valence-electron chi connectivity index (χ2n) is 4.35. The van der Waals surface area contributed by atoms with Crippen molar-refractivity contribution >= 4 is 21.7 Å². The molecule has 1 aliphatic rings. The first-order valence-corrected chi connectivity index (χ1v) is 6.39. The van der Waals surface area contributed by atoms with Gasteiger partial charge in [-0.05, 0) is 12.8 Å². The maximum atomic E-state index is 12.5. The molecule has 2 heterocycles. The van der Waals surface area contributed by atoms with Crippen LogP contribution in [0.1, 0.15) is 23.8 Å². The van der Waals surface area contributed by atoms with E-state index in [9.17, 15) is 18.7 Å². The molecule has 0 bridgehead atoms. The lowest BCUT2D eigenvalue weighted by atomic mass is 10.4. The van der Waals surface area contributed by atoms with E-state index in [-0.39, 0.29) is 11.4 Å². The second-order valence-corrected chi connectivity index (χ2v) is 5.38. The molecule has 4 nitrogen and oxygen atoms in total. The van der Waals surface area contributed by atoms with E-state index >= 15 is 0 Å². The van der Waals surface area contributed by atoms with Crippen LogP contribution >= 0.6 is 11.3 Å². The number of halogens is 2. The van der Waals surface area contributed by atoms with E-state index in [4.69, 9.17) is 0 Å². The summed E-state index contributed by atoms with van der Waals surface area (Å²) >= 11 is 1.28. The van der Waals surface area contributed by atoms with Crippen molar-refractivity contribution < 1.29 is 13.9 Å². The highest BCUT2D eigenvalue weighted by Crippen LogP contribution is 2.44. The summed E-state index contributed by atoms with van der Waals surface area (Å²) in [5, 5.41) is 10.5. The standard InChI is InChI=1S/C11H10F2N2O2S/c12-7(13)4-15-8(17)3-6(16)9-10(15)14-11(18-9)5-1-2-5/h3,5,7,16H,1-2,4H2. The summed E-state index contributed by atoms with van der Waals surface area (Å²) in [6, 6.07) is 0.972. The highest BCUT2D eigenvalue weighted by Gasteiger charge is 2.28. The fraction of sp³-hybridized carbons (Fsp3) is 0.455. The lowest BCUT2D eigenvalue weighted by Crippen LogP contribution is -2.22. The Hall–Kier alpha value is -1.50. The molecule has 2 aromatic heterocycles. The van der Waals surface area contributed by atoms with E-state index in [2.05, 4.69) is 4.98 Å². The zero-order valence-electron chi connectivity index (χ0n) is 9.27. The largest absolute Gasteiger partial charge is 0.506 e. The third-order valence-corrected chi connectivity index (χ3v) is 4.12. The fourth-order valence-electron chi connectivity index (χ4n) is 1.86. The van der Waals surface area contributed by atoms with Crippen molar-refractivity contribution in [2.75, 3.05) is 0 Å². The molecule has 0 radical (unpaired) electrons. The number of rotatable bonds is 3. The summed E-state index contributed by atoms with van der Waals surface area (Å²) < 4.78 is 26.3. The highest BCUT2D eigenvalue weighted by atomic mass is 32.1. The zero-order valence-corrected chi connectivity index (χ0v) is 10.1. The van der Waals surface area contributed by atoms with E-state index in [0.717, 1.165) is 28.5 Å². The SMILES string of the molecule is O=c1cc(O)c2sc(C3CC3)nc2n1CC(F)F. The lowest BCUT2D eigenvalue weighted by Gasteiger charge is -2.05. The lowest BCUT2D eigenvalue weighted by molar-refractivity contribution is 0.126. The average Bonchev–Trinajstić information content (AvgIpc) is 3.03. The normalized spacial score (nSPS) is 15.7. The molecule has 96 valence electrons. The van der Waals surface area contributed by atoms with Crippen LogP contribution in [-0.2, 0) is 6.54 Å². The van der Waals surface area contributed by atoms with Crippen LogP contribution in [0.4, 0.5) is 8.78 Å². The summed E-state index contributed by atoms with van der Waals surface area (Å²) in [4.78, 5) is 15.9. The fourth-order valence-corrected chi connectivity index (χ4v) is 3.02. The number of pyridine rings is 1. The molecule has 7 heteroatoms.